The van der Waals surface area contributed by atoms with Crippen molar-refractivity contribution >= 4 is 22.7 Å². The van der Waals surface area contributed by atoms with E-state index in [1.807, 2.05) is 31.2 Å². The second kappa shape index (κ2) is 10.1. The molecule has 4 rings (SSSR count). The van der Waals surface area contributed by atoms with E-state index in [4.69, 9.17) is 4.74 Å². The van der Waals surface area contributed by atoms with Gasteiger partial charge in [0.2, 0.25) is 11.8 Å². The fourth-order valence-corrected chi connectivity index (χ4v) is 4.65. The zero-order valence-corrected chi connectivity index (χ0v) is 19.6. The van der Waals surface area contributed by atoms with E-state index in [1.54, 1.807) is 7.11 Å². The number of benzene rings is 2. The maximum absolute atomic E-state index is 12.7. The number of para-hydroxylation sites is 1. The van der Waals surface area contributed by atoms with E-state index < -0.39 is 6.04 Å². The molecule has 1 saturated heterocycles. The Morgan fingerprint density at radius 2 is 2.00 bits per heavy atom. The van der Waals surface area contributed by atoms with Crippen molar-refractivity contribution in [2.75, 3.05) is 26.7 Å². The molecule has 3 aromatic rings. The first-order valence-electron chi connectivity index (χ1n) is 11.4. The van der Waals surface area contributed by atoms with Crippen molar-refractivity contribution in [1.82, 2.24) is 20.1 Å². The number of nitrogens with zero attached hydrogens (tertiary/aromatic N) is 2. The van der Waals surface area contributed by atoms with Gasteiger partial charge in [-0.1, -0.05) is 30.3 Å². The van der Waals surface area contributed by atoms with Crippen molar-refractivity contribution in [3.05, 3.63) is 65.4 Å². The van der Waals surface area contributed by atoms with Crippen LogP contribution in [0.25, 0.3) is 10.9 Å². The van der Waals surface area contributed by atoms with Crippen molar-refractivity contribution in [3.8, 4) is 5.75 Å². The molecule has 33 heavy (non-hydrogen) atoms. The third kappa shape index (κ3) is 5.20. The summed E-state index contributed by atoms with van der Waals surface area (Å²) in [5, 5.41) is 7.11. The van der Waals surface area contributed by atoms with Gasteiger partial charge < -0.3 is 19.9 Å². The molecule has 2 aromatic carbocycles. The van der Waals surface area contributed by atoms with Crippen LogP contribution in [0.3, 0.4) is 0 Å². The molecule has 1 aromatic heterocycles. The molecule has 174 valence electrons. The van der Waals surface area contributed by atoms with Crippen molar-refractivity contribution in [3.63, 3.8) is 0 Å². The minimum Gasteiger partial charge on any atom is -0.496 e. The minimum atomic E-state index is -0.477. The van der Waals surface area contributed by atoms with Gasteiger partial charge in [0, 0.05) is 43.9 Å². The second-order valence-electron chi connectivity index (χ2n) is 8.63. The molecular weight excluding hydrogens is 416 g/mol. The summed E-state index contributed by atoms with van der Waals surface area (Å²) in [7, 11) is 1.66. The number of nitrogens with one attached hydrogen (secondary N) is 2. The summed E-state index contributed by atoms with van der Waals surface area (Å²) in [4.78, 5) is 27.4. The second-order valence-corrected chi connectivity index (χ2v) is 8.63. The SMILES string of the molecule is COc1ccc(CN2CCNC(=O)C2CC(=O)NCCn2c(C)cc3ccccc32)cc1C. The van der Waals surface area contributed by atoms with Gasteiger partial charge in [-0.2, -0.15) is 0 Å². The van der Waals surface area contributed by atoms with E-state index in [0.717, 1.165) is 28.1 Å². The highest BCUT2D eigenvalue weighted by Crippen LogP contribution is 2.21. The Bertz CT molecular complexity index is 1150. The Labute approximate surface area is 194 Å². The first-order valence-corrected chi connectivity index (χ1v) is 11.4. The molecule has 0 aliphatic carbocycles. The smallest absolute Gasteiger partial charge is 0.237 e. The van der Waals surface area contributed by atoms with Crippen LogP contribution in [-0.4, -0.2) is 54.1 Å². The predicted octanol–water partition coefficient (Wildman–Crippen LogP) is 2.77. The largest absolute Gasteiger partial charge is 0.496 e. The number of aromatic nitrogens is 1. The summed E-state index contributed by atoms with van der Waals surface area (Å²) in [6.45, 7) is 7.21. The summed E-state index contributed by atoms with van der Waals surface area (Å²) in [5.41, 5.74) is 4.48. The molecule has 2 amide bonds. The normalized spacial score (nSPS) is 16.6. The first kappa shape index (κ1) is 22.9. The minimum absolute atomic E-state index is 0.0890. The Morgan fingerprint density at radius 3 is 2.79 bits per heavy atom. The molecule has 7 heteroatoms. The summed E-state index contributed by atoms with van der Waals surface area (Å²) in [5.74, 6) is 0.646. The molecule has 7 nitrogen and oxygen atoms in total. The van der Waals surface area contributed by atoms with Crippen molar-refractivity contribution in [1.29, 1.82) is 0 Å². The van der Waals surface area contributed by atoms with Gasteiger partial charge in [-0.3, -0.25) is 14.5 Å². The summed E-state index contributed by atoms with van der Waals surface area (Å²) < 4.78 is 7.55. The monoisotopic (exact) mass is 448 g/mol. The van der Waals surface area contributed by atoms with E-state index in [2.05, 4.69) is 51.3 Å². The summed E-state index contributed by atoms with van der Waals surface area (Å²) in [6.07, 6.45) is 0.145. The maximum Gasteiger partial charge on any atom is 0.237 e. The predicted molar refractivity (Wildman–Crippen MR) is 129 cm³/mol. The Morgan fingerprint density at radius 1 is 1.18 bits per heavy atom. The number of aryl methyl sites for hydroxylation is 2. The fourth-order valence-electron chi connectivity index (χ4n) is 4.65. The standard InChI is InChI=1S/C26H32N4O3/c1-18-14-20(8-9-24(18)33-3)17-29-12-10-28-26(32)23(29)16-25(31)27-11-13-30-19(2)15-21-6-4-5-7-22(21)30/h4-9,14-15,23H,10-13,16-17H2,1-3H3,(H,27,31)(H,28,32). The van der Waals surface area contributed by atoms with Gasteiger partial charge in [-0.05, 0) is 48.6 Å². The zero-order valence-electron chi connectivity index (χ0n) is 19.6. The average molecular weight is 449 g/mol. The topological polar surface area (TPSA) is 75.6 Å². The fraction of sp³-hybridized carbons (Fsp3) is 0.385. The van der Waals surface area contributed by atoms with Crippen LogP contribution in [0.4, 0.5) is 0 Å². The third-order valence-corrected chi connectivity index (χ3v) is 6.34. The molecule has 1 atom stereocenters. The molecule has 1 fully saturated rings. The number of carbonyl (C=O) groups excluding carboxylic acids is 2. The molecule has 0 saturated carbocycles. The van der Waals surface area contributed by atoms with Crippen LogP contribution < -0.4 is 15.4 Å². The lowest BCUT2D eigenvalue weighted by atomic mass is 10.1. The summed E-state index contributed by atoms with van der Waals surface area (Å²) >= 11 is 0. The number of carbonyl (C=O) groups is 2. The lowest BCUT2D eigenvalue weighted by Gasteiger charge is -2.34. The number of ether oxygens (including phenoxy) is 1. The number of fused-ring (bicyclic) bond motifs is 1. The van der Waals surface area contributed by atoms with Crippen LogP contribution in [0, 0.1) is 13.8 Å². The van der Waals surface area contributed by atoms with E-state index in [-0.39, 0.29) is 18.2 Å². The van der Waals surface area contributed by atoms with E-state index in [1.165, 1.54) is 5.39 Å². The highest BCUT2D eigenvalue weighted by molar-refractivity contribution is 5.88. The molecular formula is C26H32N4O3. The first-order chi connectivity index (χ1) is 16.0. The summed E-state index contributed by atoms with van der Waals surface area (Å²) in [6, 6.07) is 16.0. The number of amides is 2. The lowest BCUT2D eigenvalue weighted by Crippen LogP contribution is -2.56. The van der Waals surface area contributed by atoms with Gasteiger partial charge in [0.15, 0.2) is 0 Å². The van der Waals surface area contributed by atoms with Gasteiger partial charge in [0.05, 0.1) is 19.6 Å². The van der Waals surface area contributed by atoms with Gasteiger partial charge in [-0.25, -0.2) is 0 Å². The quantitative estimate of drug-likeness (QED) is 0.556. The molecule has 1 aliphatic heterocycles. The third-order valence-electron chi connectivity index (χ3n) is 6.34. The molecule has 0 spiro atoms. The Balaban J connectivity index is 1.36. The number of piperazine rings is 1. The van der Waals surface area contributed by atoms with E-state index in [0.29, 0.717) is 32.7 Å². The highest BCUT2D eigenvalue weighted by atomic mass is 16.5. The Kier molecular flexibility index (Phi) is 6.99. The van der Waals surface area contributed by atoms with Gasteiger partial charge >= 0.3 is 0 Å². The van der Waals surface area contributed by atoms with Crippen LogP contribution in [0.5, 0.6) is 5.75 Å². The lowest BCUT2D eigenvalue weighted by molar-refractivity contribution is -0.134. The number of hydrogen-bond acceptors (Lipinski definition) is 4. The molecule has 1 aliphatic rings. The Hall–Kier alpha value is -3.32. The number of methoxy groups -OCH3 is 1. The van der Waals surface area contributed by atoms with Crippen LogP contribution in [0.2, 0.25) is 0 Å². The van der Waals surface area contributed by atoms with Crippen LogP contribution in [-0.2, 0) is 22.7 Å². The number of hydrogen-bond donors (Lipinski definition) is 2. The van der Waals surface area contributed by atoms with Crippen molar-refractivity contribution in [2.24, 2.45) is 0 Å². The van der Waals surface area contributed by atoms with Crippen molar-refractivity contribution in [2.45, 2.75) is 39.4 Å². The van der Waals surface area contributed by atoms with Crippen LogP contribution in [0.15, 0.2) is 48.5 Å². The van der Waals surface area contributed by atoms with E-state index >= 15 is 0 Å². The van der Waals surface area contributed by atoms with Crippen LogP contribution >= 0.6 is 0 Å². The molecule has 2 heterocycles. The molecule has 0 bridgehead atoms. The zero-order chi connectivity index (χ0) is 23.4. The van der Waals surface area contributed by atoms with Gasteiger partial charge in [0.1, 0.15) is 5.75 Å². The maximum atomic E-state index is 12.7. The van der Waals surface area contributed by atoms with E-state index in [9.17, 15) is 9.59 Å². The average Bonchev–Trinajstić information content (AvgIpc) is 3.11. The van der Waals surface area contributed by atoms with Crippen LogP contribution in [0.1, 0.15) is 23.2 Å². The molecule has 1 unspecified atom stereocenters. The molecule has 2 N–H and O–H groups in total. The number of rotatable bonds is 8. The van der Waals surface area contributed by atoms with Crippen molar-refractivity contribution < 1.29 is 14.3 Å². The van der Waals surface area contributed by atoms with Gasteiger partial charge in [0.25, 0.3) is 0 Å². The highest BCUT2D eigenvalue weighted by Gasteiger charge is 2.31. The van der Waals surface area contributed by atoms with Gasteiger partial charge in [-0.15, -0.1) is 0 Å². The molecule has 0 radical (unpaired) electrons.